The van der Waals surface area contributed by atoms with Crippen LogP contribution in [0.25, 0.3) is 11.3 Å². The molecule has 10 heteroatoms. The molecule has 1 aliphatic carbocycles. The number of nitrogens with two attached hydrogens (primary N) is 1. The highest BCUT2D eigenvalue weighted by Gasteiger charge is 2.32. The Kier molecular flexibility index (Phi) is 7.59. The third kappa shape index (κ3) is 5.34. The average molecular weight is 531 g/mol. The number of carbonyl (C=O) groups is 1. The van der Waals surface area contributed by atoms with E-state index in [1.165, 1.54) is 34.2 Å². The number of thioether (sulfide) groups is 1. The van der Waals surface area contributed by atoms with E-state index in [-0.39, 0.29) is 34.7 Å². The molecule has 0 aliphatic heterocycles. The Hall–Kier alpha value is -3.78. The largest absolute Gasteiger partial charge is 0.464 e. The number of hydrogen-bond acceptors (Lipinski definition) is 9. The zero-order valence-corrected chi connectivity index (χ0v) is 22.5. The molecule has 0 radical (unpaired) electrons. The molecule has 3 heterocycles. The molecule has 0 spiro atoms. The Morgan fingerprint density at radius 3 is 2.59 bits per heavy atom. The highest BCUT2D eigenvalue weighted by atomic mass is 32.2. The van der Waals surface area contributed by atoms with Gasteiger partial charge in [-0.2, -0.15) is 15.8 Å². The molecule has 0 saturated heterocycles. The van der Waals surface area contributed by atoms with Gasteiger partial charge in [0.05, 0.1) is 23.0 Å². The van der Waals surface area contributed by atoms with Gasteiger partial charge in [0, 0.05) is 17.1 Å². The van der Waals surface area contributed by atoms with Gasteiger partial charge >= 0.3 is 0 Å². The first-order valence-electron chi connectivity index (χ1n) is 11.8. The lowest BCUT2D eigenvalue weighted by Gasteiger charge is -2.33. The van der Waals surface area contributed by atoms with Gasteiger partial charge in [-0.15, -0.1) is 23.1 Å². The predicted molar refractivity (Wildman–Crippen MR) is 144 cm³/mol. The van der Waals surface area contributed by atoms with Gasteiger partial charge in [0.1, 0.15) is 45.4 Å². The number of nitrogen functional groups attached to an aromatic ring is 1. The lowest BCUT2D eigenvalue weighted by atomic mass is 9.72. The van der Waals surface area contributed by atoms with E-state index >= 15 is 0 Å². The summed E-state index contributed by atoms with van der Waals surface area (Å²) in [5, 5.41) is 33.0. The monoisotopic (exact) mass is 530 g/mol. The molecular formula is C27H26N6O2S2. The molecule has 8 nitrogen and oxygen atoms in total. The molecular weight excluding hydrogens is 504 g/mol. The van der Waals surface area contributed by atoms with Crippen molar-refractivity contribution < 1.29 is 9.21 Å². The quantitative estimate of drug-likeness (QED) is 0.375. The van der Waals surface area contributed by atoms with E-state index in [0.29, 0.717) is 38.6 Å². The van der Waals surface area contributed by atoms with Crippen molar-refractivity contribution in [2.24, 2.45) is 11.3 Å². The van der Waals surface area contributed by atoms with Crippen LogP contribution in [0.4, 0.5) is 10.8 Å². The summed E-state index contributed by atoms with van der Waals surface area (Å²) in [6.45, 7) is 6.73. The van der Waals surface area contributed by atoms with Crippen LogP contribution in [0.2, 0.25) is 0 Å². The van der Waals surface area contributed by atoms with Crippen molar-refractivity contribution in [1.82, 2.24) is 4.98 Å². The number of fused-ring (bicyclic) bond motifs is 1. The van der Waals surface area contributed by atoms with Crippen LogP contribution in [0.3, 0.4) is 0 Å². The molecule has 37 heavy (non-hydrogen) atoms. The molecule has 188 valence electrons. The number of pyridine rings is 1. The Balaban J connectivity index is 1.47. The Labute approximate surface area is 224 Å². The number of nitrogens with zero attached hydrogens (tertiary/aromatic N) is 4. The Morgan fingerprint density at radius 1 is 1.24 bits per heavy atom. The third-order valence-corrected chi connectivity index (χ3v) is 8.75. The van der Waals surface area contributed by atoms with Crippen molar-refractivity contribution in [2.75, 3.05) is 16.8 Å². The van der Waals surface area contributed by atoms with Gasteiger partial charge in [0.15, 0.2) is 0 Å². The number of aromatic nitrogens is 1. The van der Waals surface area contributed by atoms with E-state index in [2.05, 4.69) is 43.2 Å². The third-order valence-electron chi connectivity index (χ3n) is 6.61. The van der Waals surface area contributed by atoms with Gasteiger partial charge in [0.25, 0.3) is 0 Å². The lowest BCUT2D eigenvalue weighted by Crippen LogP contribution is -2.26. The first-order valence-corrected chi connectivity index (χ1v) is 13.6. The smallest absolute Gasteiger partial charge is 0.225 e. The normalized spacial score (nSPS) is 14.8. The number of anilines is 2. The SMILES string of the molecule is CC(C)(C)C1CCc2c(sc(NC(=O)CCSc3nc(N)c(C#N)c(-c4ccco4)c3C#N)c2C#N)C1. The van der Waals surface area contributed by atoms with E-state index in [1.807, 2.05) is 6.07 Å². The molecule has 0 aromatic carbocycles. The number of thiophene rings is 1. The second-order valence-corrected chi connectivity index (χ2v) is 12.1. The maximum Gasteiger partial charge on any atom is 0.225 e. The summed E-state index contributed by atoms with van der Waals surface area (Å²) in [6, 6.07) is 9.70. The molecule has 1 amide bonds. The summed E-state index contributed by atoms with van der Waals surface area (Å²) in [7, 11) is 0. The molecule has 0 bridgehead atoms. The van der Waals surface area contributed by atoms with Crippen molar-refractivity contribution >= 4 is 39.8 Å². The predicted octanol–water partition coefficient (Wildman–Crippen LogP) is 5.87. The van der Waals surface area contributed by atoms with Gasteiger partial charge in [0.2, 0.25) is 5.91 Å². The number of carbonyl (C=O) groups excluding carboxylic acids is 1. The first kappa shape index (κ1) is 26.3. The molecule has 3 aromatic rings. The van der Waals surface area contributed by atoms with E-state index < -0.39 is 0 Å². The van der Waals surface area contributed by atoms with Crippen molar-refractivity contribution in [3.05, 3.63) is 45.5 Å². The number of rotatable bonds is 6. The Bertz CT molecular complexity index is 1460. The number of nitrogens with one attached hydrogen (secondary N) is 1. The lowest BCUT2D eigenvalue weighted by molar-refractivity contribution is -0.115. The molecule has 1 atom stereocenters. The van der Waals surface area contributed by atoms with E-state index in [1.54, 1.807) is 12.1 Å². The zero-order valence-electron chi connectivity index (χ0n) is 20.8. The van der Waals surface area contributed by atoms with Gasteiger partial charge in [-0.05, 0) is 48.3 Å². The number of nitriles is 3. The second kappa shape index (κ2) is 10.7. The average Bonchev–Trinajstić information content (AvgIpc) is 3.50. The van der Waals surface area contributed by atoms with Crippen molar-refractivity contribution in [3.63, 3.8) is 0 Å². The standard InChI is InChI=1S/C27H26N6O2S2/c1-27(2,3)15-6-7-16-17(12-28)26(37-21(16)11-15)32-22(34)8-10-36-25-19(14-30)23(20-5-4-9-35-20)18(13-29)24(31)33-25/h4-5,9,15H,6-8,10-11H2,1-3H3,(H2,31,33)(H,32,34). The fraction of sp³-hybridized carbons (Fsp3) is 0.370. The molecule has 1 aliphatic rings. The highest BCUT2D eigenvalue weighted by molar-refractivity contribution is 7.99. The molecule has 0 saturated carbocycles. The molecule has 3 aromatic heterocycles. The van der Waals surface area contributed by atoms with Crippen LogP contribution in [0.1, 0.15) is 60.7 Å². The van der Waals surface area contributed by atoms with Crippen LogP contribution in [-0.2, 0) is 17.6 Å². The molecule has 0 fully saturated rings. The summed E-state index contributed by atoms with van der Waals surface area (Å²) >= 11 is 2.71. The maximum absolute atomic E-state index is 12.8. The number of furan rings is 1. The topological polar surface area (TPSA) is 153 Å². The van der Waals surface area contributed by atoms with Crippen molar-refractivity contribution in [1.29, 1.82) is 15.8 Å². The second-order valence-electron chi connectivity index (χ2n) is 9.90. The van der Waals surface area contributed by atoms with Crippen molar-refractivity contribution in [3.8, 4) is 29.5 Å². The fourth-order valence-electron chi connectivity index (χ4n) is 4.53. The van der Waals surface area contributed by atoms with Crippen LogP contribution >= 0.6 is 23.1 Å². The van der Waals surface area contributed by atoms with Crippen LogP contribution in [0.5, 0.6) is 0 Å². The zero-order chi connectivity index (χ0) is 26.7. The van der Waals surface area contributed by atoms with Gasteiger partial charge in [-0.1, -0.05) is 20.8 Å². The van der Waals surface area contributed by atoms with Crippen LogP contribution < -0.4 is 11.1 Å². The molecule has 1 unspecified atom stereocenters. The van der Waals surface area contributed by atoms with E-state index in [4.69, 9.17) is 10.2 Å². The van der Waals surface area contributed by atoms with Crippen LogP contribution in [0, 0.1) is 45.3 Å². The summed E-state index contributed by atoms with van der Waals surface area (Å²) in [5.74, 6) is 0.992. The minimum absolute atomic E-state index is 0.00348. The number of amides is 1. The summed E-state index contributed by atoms with van der Waals surface area (Å²) in [6.07, 6.45) is 4.40. The number of hydrogen-bond donors (Lipinski definition) is 2. The minimum Gasteiger partial charge on any atom is -0.464 e. The fourth-order valence-corrected chi connectivity index (χ4v) is 6.76. The van der Waals surface area contributed by atoms with Gasteiger partial charge < -0.3 is 15.5 Å². The Morgan fingerprint density at radius 2 is 1.97 bits per heavy atom. The maximum atomic E-state index is 12.8. The van der Waals surface area contributed by atoms with E-state index in [0.717, 1.165) is 24.8 Å². The summed E-state index contributed by atoms with van der Waals surface area (Å²) in [5.41, 5.74) is 8.39. The molecule has 4 rings (SSSR count). The summed E-state index contributed by atoms with van der Waals surface area (Å²) < 4.78 is 5.42. The first-order chi connectivity index (χ1) is 17.7. The molecule has 3 N–H and O–H groups in total. The highest BCUT2D eigenvalue weighted by Crippen LogP contribution is 2.44. The van der Waals surface area contributed by atoms with Crippen LogP contribution in [-0.4, -0.2) is 16.6 Å². The minimum atomic E-state index is -0.221. The van der Waals surface area contributed by atoms with E-state index in [9.17, 15) is 20.6 Å². The van der Waals surface area contributed by atoms with Crippen LogP contribution in [0.15, 0.2) is 27.8 Å². The van der Waals surface area contributed by atoms with Crippen molar-refractivity contribution in [2.45, 2.75) is 51.5 Å². The van der Waals surface area contributed by atoms with Gasteiger partial charge in [-0.3, -0.25) is 4.79 Å². The van der Waals surface area contributed by atoms with Gasteiger partial charge in [-0.25, -0.2) is 4.98 Å². The summed E-state index contributed by atoms with van der Waals surface area (Å²) in [4.78, 5) is 18.2.